The molecule has 0 radical (unpaired) electrons. The van der Waals surface area contributed by atoms with Gasteiger partial charge in [0.25, 0.3) is 0 Å². The van der Waals surface area contributed by atoms with Crippen molar-refractivity contribution < 1.29 is 13.6 Å². The van der Waals surface area contributed by atoms with Gasteiger partial charge < -0.3 is 15.8 Å². The normalized spacial score (nSPS) is 18.2. The molecule has 3 N–H and O–H groups in total. The van der Waals surface area contributed by atoms with Crippen LogP contribution in [0.15, 0.2) is 23.5 Å². The van der Waals surface area contributed by atoms with Gasteiger partial charge in [0, 0.05) is 26.2 Å². The van der Waals surface area contributed by atoms with Crippen LogP contribution in [0.5, 0.6) is 0 Å². The average molecular weight is 299 g/mol. The van der Waals surface area contributed by atoms with E-state index in [-0.39, 0.29) is 5.84 Å². The van der Waals surface area contributed by atoms with Crippen molar-refractivity contribution in [3.05, 3.63) is 24.0 Å². The highest BCUT2D eigenvalue weighted by Crippen LogP contribution is 2.16. The minimum absolute atomic E-state index is 0.0431. The highest BCUT2D eigenvalue weighted by Gasteiger charge is 2.23. The van der Waals surface area contributed by atoms with Crippen LogP contribution < -0.4 is 10.6 Å². The van der Waals surface area contributed by atoms with Crippen molar-refractivity contribution in [3.8, 4) is 0 Å². The van der Waals surface area contributed by atoms with Gasteiger partial charge in [0.1, 0.15) is 5.69 Å². The van der Waals surface area contributed by atoms with Crippen LogP contribution in [-0.2, 0) is 10.0 Å². The highest BCUT2D eigenvalue weighted by molar-refractivity contribution is 7.88. The predicted octanol–water partition coefficient (Wildman–Crippen LogP) is -0.742. The van der Waals surface area contributed by atoms with E-state index in [0.717, 1.165) is 5.69 Å². The van der Waals surface area contributed by atoms with Gasteiger partial charge in [-0.2, -0.15) is 4.31 Å². The molecule has 0 atom stereocenters. The lowest BCUT2D eigenvalue weighted by Gasteiger charge is -2.34. The third-order valence-corrected chi connectivity index (χ3v) is 4.49. The third kappa shape index (κ3) is 3.17. The largest absolute Gasteiger partial charge is 0.409 e. The van der Waals surface area contributed by atoms with E-state index in [4.69, 9.17) is 10.9 Å². The van der Waals surface area contributed by atoms with Crippen LogP contribution >= 0.6 is 0 Å². The van der Waals surface area contributed by atoms with Crippen LogP contribution in [0.25, 0.3) is 0 Å². The number of hydrogen-bond acceptors (Lipinski definition) is 6. The van der Waals surface area contributed by atoms with E-state index in [0.29, 0.717) is 31.9 Å². The second-order valence-electron chi connectivity index (χ2n) is 4.54. The SMILES string of the molecule is CS(=O)(=O)N1CCN(c2ccc(/C(N)=N/O)nc2)CC1. The van der Waals surface area contributed by atoms with Crippen molar-refractivity contribution in [2.75, 3.05) is 37.3 Å². The van der Waals surface area contributed by atoms with Crippen molar-refractivity contribution in [2.24, 2.45) is 10.9 Å². The van der Waals surface area contributed by atoms with Gasteiger partial charge in [0.05, 0.1) is 18.1 Å². The molecule has 1 aliphatic heterocycles. The second kappa shape index (κ2) is 5.63. The summed E-state index contributed by atoms with van der Waals surface area (Å²) in [4.78, 5) is 6.15. The molecule has 110 valence electrons. The molecule has 2 rings (SSSR count). The first kappa shape index (κ1) is 14.5. The summed E-state index contributed by atoms with van der Waals surface area (Å²) in [5.41, 5.74) is 6.72. The Morgan fingerprint density at radius 1 is 1.35 bits per heavy atom. The summed E-state index contributed by atoms with van der Waals surface area (Å²) in [7, 11) is -3.12. The Bertz CT molecular complexity index is 591. The summed E-state index contributed by atoms with van der Waals surface area (Å²) < 4.78 is 24.3. The molecule has 1 saturated heterocycles. The number of nitrogens with two attached hydrogens (primary N) is 1. The molecule has 8 nitrogen and oxygen atoms in total. The van der Waals surface area contributed by atoms with E-state index in [2.05, 4.69) is 10.1 Å². The molecule has 0 spiro atoms. The van der Waals surface area contributed by atoms with Crippen molar-refractivity contribution in [1.29, 1.82) is 0 Å². The lowest BCUT2D eigenvalue weighted by Crippen LogP contribution is -2.48. The number of aromatic nitrogens is 1. The van der Waals surface area contributed by atoms with Gasteiger partial charge in [-0.25, -0.2) is 8.42 Å². The summed E-state index contributed by atoms with van der Waals surface area (Å²) in [6.45, 7) is 2.14. The molecule has 9 heteroatoms. The molecular formula is C11H17N5O3S. The van der Waals surface area contributed by atoms with Crippen LogP contribution in [-0.4, -0.2) is 61.2 Å². The number of sulfonamides is 1. The van der Waals surface area contributed by atoms with Crippen LogP contribution in [0.3, 0.4) is 0 Å². The fourth-order valence-corrected chi connectivity index (χ4v) is 2.88. The minimum Gasteiger partial charge on any atom is -0.409 e. The highest BCUT2D eigenvalue weighted by atomic mass is 32.2. The average Bonchev–Trinajstić information content (AvgIpc) is 2.46. The first-order valence-electron chi connectivity index (χ1n) is 6.06. The molecule has 1 fully saturated rings. The molecule has 1 aromatic rings. The molecule has 1 aliphatic rings. The van der Waals surface area contributed by atoms with E-state index in [1.807, 2.05) is 11.0 Å². The van der Waals surface area contributed by atoms with Crippen molar-refractivity contribution >= 4 is 21.5 Å². The lowest BCUT2D eigenvalue weighted by atomic mass is 10.2. The molecule has 0 aliphatic carbocycles. The van der Waals surface area contributed by atoms with Crippen LogP contribution in [0.4, 0.5) is 5.69 Å². The smallest absolute Gasteiger partial charge is 0.211 e. The van der Waals surface area contributed by atoms with Crippen LogP contribution in [0, 0.1) is 0 Å². The van der Waals surface area contributed by atoms with E-state index in [1.54, 1.807) is 12.3 Å². The molecule has 20 heavy (non-hydrogen) atoms. The first-order chi connectivity index (χ1) is 9.41. The van der Waals surface area contributed by atoms with Gasteiger partial charge in [-0.05, 0) is 12.1 Å². The summed E-state index contributed by atoms with van der Waals surface area (Å²) in [5, 5.41) is 11.4. The summed E-state index contributed by atoms with van der Waals surface area (Å²) >= 11 is 0. The molecular weight excluding hydrogens is 282 g/mol. The Labute approximate surface area is 117 Å². The fraction of sp³-hybridized carbons (Fsp3) is 0.455. The zero-order valence-corrected chi connectivity index (χ0v) is 11.9. The monoisotopic (exact) mass is 299 g/mol. The number of pyridine rings is 1. The number of anilines is 1. The number of nitrogens with zero attached hydrogens (tertiary/aromatic N) is 4. The maximum Gasteiger partial charge on any atom is 0.211 e. The van der Waals surface area contributed by atoms with Crippen LogP contribution in [0.1, 0.15) is 5.69 Å². The number of rotatable bonds is 3. The Morgan fingerprint density at radius 3 is 2.45 bits per heavy atom. The van der Waals surface area contributed by atoms with Crippen molar-refractivity contribution in [1.82, 2.24) is 9.29 Å². The van der Waals surface area contributed by atoms with E-state index in [9.17, 15) is 8.42 Å². The fourth-order valence-electron chi connectivity index (χ4n) is 2.05. The van der Waals surface area contributed by atoms with E-state index < -0.39 is 10.0 Å². The number of oxime groups is 1. The Hall–Kier alpha value is -1.87. The first-order valence-corrected chi connectivity index (χ1v) is 7.90. The Morgan fingerprint density at radius 2 is 2.00 bits per heavy atom. The third-order valence-electron chi connectivity index (χ3n) is 3.19. The van der Waals surface area contributed by atoms with Gasteiger partial charge in [0.2, 0.25) is 10.0 Å². The summed E-state index contributed by atoms with van der Waals surface area (Å²) in [6, 6.07) is 3.48. The zero-order chi connectivity index (χ0) is 14.8. The van der Waals surface area contributed by atoms with Gasteiger partial charge in [-0.15, -0.1) is 0 Å². The molecule has 2 heterocycles. The topological polar surface area (TPSA) is 112 Å². The minimum atomic E-state index is -3.12. The van der Waals surface area contributed by atoms with E-state index in [1.165, 1.54) is 10.6 Å². The van der Waals surface area contributed by atoms with E-state index >= 15 is 0 Å². The Kier molecular flexibility index (Phi) is 4.09. The Balaban J connectivity index is 2.04. The zero-order valence-electron chi connectivity index (χ0n) is 11.1. The standard InChI is InChI=1S/C11H17N5O3S/c1-20(18,19)16-6-4-15(5-7-16)9-2-3-10(13-8-9)11(12)14-17/h2-3,8,17H,4-7H2,1H3,(H2,12,14). The quantitative estimate of drug-likeness (QED) is 0.329. The second-order valence-corrected chi connectivity index (χ2v) is 6.52. The number of hydrogen-bond donors (Lipinski definition) is 2. The van der Waals surface area contributed by atoms with Crippen LogP contribution in [0.2, 0.25) is 0 Å². The van der Waals surface area contributed by atoms with Gasteiger partial charge in [-0.1, -0.05) is 5.16 Å². The molecule has 0 amide bonds. The molecule has 0 unspecified atom stereocenters. The lowest BCUT2D eigenvalue weighted by molar-refractivity contribution is 0.318. The summed E-state index contributed by atoms with van der Waals surface area (Å²) in [5.74, 6) is -0.0431. The maximum atomic E-state index is 11.4. The number of piperazine rings is 1. The molecule has 1 aromatic heterocycles. The maximum absolute atomic E-state index is 11.4. The predicted molar refractivity (Wildman–Crippen MR) is 75.4 cm³/mol. The van der Waals surface area contributed by atoms with Crippen molar-refractivity contribution in [2.45, 2.75) is 0 Å². The van der Waals surface area contributed by atoms with Gasteiger partial charge in [0.15, 0.2) is 5.84 Å². The van der Waals surface area contributed by atoms with Crippen molar-refractivity contribution in [3.63, 3.8) is 0 Å². The molecule has 0 aromatic carbocycles. The van der Waals surface area contributed by atoms with Gasteiger partial charge in [-0.3, -0.25) is 4.98 Å². The van der Waals surface area contributed by atoms with Gasteiger partial charge >= 0.3 is 0 Å². The number of amidine groups is 1. The molecule has 0 saturated carbocycles. The summed E-state index contributed by atoms with van der Waals surface area (Å²) in [6.07, 6.45) is 2.85. The molecule has 0 bridgehead atoms.